The summed E-state index contributed by atoms with van der Waals surface area (Å²) < 4.78 is 75.9. The first-order valence-corrected chi connectivity index (χ1v) is 18.8. The Morgan fingerprint density at radius 3 is 0.692 bits per heavy atom. The number of hydrogen-bond donors (Lipinski definition) is 7. The van der Waals surface area contributed by atoms with Crippen LogP contribution in [0, 0.1) is 0 Å². The van der Waals surface area contributed by atoms with Crippen LogP contribution in [-0.2, 0) is 45.5 Å². The maximum absolute atomic E-state index is 10.5. The van der Waals surface area contributed by atoms with E-state index in [0.29, 0.717) is 0 Å². The van der Waals surface area contributed by atoms with Crippen molar-refractivity contribution in [3.05, 3.63) is 0 Å². The van der Waals surface area contributed by atoms with E-state index in [2.05, 4.69) is 18.1 Å². The molecule has 39 heavy (non-hydrogen) atoms. The molecule has 7 N–H and O–H groups in total. The number of phosphoric acid groups is 2. The molecule has 0 aliphatic carbocycles. The van der Waals surface area contributed by atoms with Gasteiger partial charge < -0.3 is 24.7 Å². The third-order valence-corrected chi connectivity index (χ3v) is 7.34. The summed E-state index contributed by atoms with van der Waals surface area (Å²) in [5.41, 5.74) is 0. The lowest BCUT2D eigenvalue weighted by molar-refractivity contribution is -0.160. The first-order valence-electron chi connectivity index (χ1n) is 8.80. The van der Waals surface area contributed by atoms with E-state index >= 15 is 0 Å². The van der Waals surface area contributed by atoms with Gasteiger partial charge in [0.05, 0.1) is 26.4 Å². The molecule has 248 valence electrons. The number of phosphoric ester groups is 2. The fraction of sp³-hybridized carbons (Fsp3) is 1.00. The van der Waals surface area contributed by atoms with Crippen molar-refractivity contribution in [2.24, 2.45) is 0 Å². The lowest BCUT2D eigenvalue weighted by atomic mass is 10.9. The molecule has 0 saturated heterocycles. The SMILES string of the molecule is C.C.C.C.CCO.CCOP(=O)(O)OCC.CCOP(=O)(O)OCC.O=[P+]([O-])P(=O)(O)O.O=[P+]([O-])P(=O)(O)O. The number of aliphatic hydroxyl groups is 1. The molecule has 0 aliphatic heterocycles. The van der Waals surface area contributed by atoms with Crippen LogP contribution in [0.2, 0.25) is 0 Å². The van der Waals surface area contributed by atoms with Crippen LogP contribution in [0.3, 0.4) is 0 Å². The predicted octanol–water partition coefficient (Wildman–Crippen LogP) is 3.23. The minimum Gasteiger partial charge on any atom is -0.588 e. The van der Waals surface area contributed by atoms with Crippen LogP contribution in [0.4, 0.5) is 0 Å². The van der Waals surface area contributed by atoms with Gasteiger partial charge in [0.15, 0.2) is 0 Å². The Labute approximate surface area is 233 Å². The van der Waals surface area contributed by atoms with Gasteiger partial charge in [0, 0.05) is 6.61 Å². The van der Waals surface area contributed by atoms with Crippen molar-refractivity contribution in [1.29, 1.82) is 0 Å². The molecule has 0 rings (SSSR count). The number of hydrogen-bond acceptors (Lipinski definition) is 13. The highest BCUT2D eigenvalue weighted by Gasteiger charge is 2.31. The van der Waals surface area contributed by atoms with Crippen molar-refractivity contribution in [3.63, 3.8) is 0 Å². The first-order chi connectivity index (χ1) is 15.5. The van der Waals surface area contributed by atoms with Gasteiger partial charge in [0.2, 0.25) is 0 Å². The predicted molar refractivity (Wildman–Crippen MR) is 145 cm³/mol. The first kappa shape index (κ1) is 63.0. The van der Waals surface area contributed by atoms with E-state index in [1.54, 1.807) is 34.6 Å². The van der Waals surface area contributed by atoms with E-state index in [1.807, 2.05) is 0 Å². The molecule has 0 heterocycles. The minimum absolute atomic E-state index is 0. The Kier molecular flexibility index (Phi) is 56.2. The Bertz CT molecular complexity index is 656. The molecule has 0 amide bonds. The van der Waals surface area contributed by atoms with Gasteiger partial charge >= 0.3 is 45.6 Å². The summed E-state index contributed by atoms with van der Waals surface area (Å²) in [7, 11) is -24.1. The largest absolute Gasteiger partial charge is 0.588 e. The summed E-state index contributed by atoms with van der Waals surface area (Å²) in [4.78, 5) is 66.3. The molecule has 0 aromatic heterocycles. The molecule has 0 spiro atoms. The Hall–Kier alpha value is 0.600. The molecule has 0 aromatic carbocycles. The third kappa shape index (κ3) is 63.2. The highest BCUT2D eigenvalue weighted by molar-refractivity contribution is 8.19. The Morgan fingerprint density at radius 2 is 0.641 bits per heavy atom. The minimum atomic E-state index is -4.78. The maximum atomic E-state index is 10.5. The molecule has 0 fully saturated rings. The van der Waals surface area contributed by atoms with E-state index < -0.39 is 45.6 Å². The van der Waals surface area contributed by atoms with Crippen molar-refractivity contribution >= 4 is 45.6 Å². The Morgan fingerprint density at radius 1 is 0.538 bits per heavy atom. The zero-order valence-electron chi connectivity index (χ0n) is 19.2. The van der Waals surface area contributed by atoms with Crippen LogP contribution in [-0.4, -0.2) is 67.5 Å². The van der Waals surface area contributed by atoms with Crippen LogP contribution in [0.25, 0.3) is 0 Å². The highest BCUT2D eigenvalue weighted by atomic mass is 32.1. The van der Waals surface area contributed by atoms with Crippen molar-refractivity contribution < 1.29 is 89.7 Å². The van der Waals surface area contributed by atoms with Crippen molar-refractivity contribution in [2.75, 3.05) is 33.0 Å². The van der Waals surface area contributed by atoms with E-state index in [9.17, 15) is 37.2 Å². The van der Waals surface area contributed by atoms with E-state index in [4.69, 9.17) is 34.5 Å². The topological polar surface area (TPSA) is 327 Å². The van der Waals surface area contributed by atoms with Crippen LogP contribution in [0.1, 0.15) is 64.3 Å². The summed E-state index contributed by atoms with van der Waals surface area (Å²) in [6.45, 7) is 9.19. The third-order valence-electron chi connectivity index (χ3n) is 1.59. The molecule has 0 aromatic rings. The normalized spacial score (nSPS) is 10.9. The maximum Gasteiger partial charge on any atom is 0.561 e. The summed E-state index contributed by atoms with van der Waals surface area (Å²) in [6.07, 6.45) is 0. The van der Waals surface area contributed by atoms with Gasteiger partial charge in [-0.2, -0.15) is 0 Å². The summed E-state index contributed by atoms with van der Waals surface area (Å²) in [5.74, 6) is 0. The van der Waals surface area contributed by atoms with Crippen LogP contribution < -0.4 is 9.79 Å². The number of rotatable bonds is 10. The quantitative estimate of drug-likeness (QED) is 0.160. The van der Waals surface area contributed by atoms with Crippen molar-refractivity contribution in [2.45, 2.75) is 64.3 Å². The zero-order chi connectivity index (χ0) is 29.5. The fourth-order valence-corrected chi connectivity index (χ4v) is 2.18. The molecule has 0 bridgehead atoms. The molecule has 25 heteroatoms. The van der Waals surface area contributed by atoms with Crippen molar-refractivity contribution in [1.82, 2.24) is 0 Å². The molecule has 2 unspecified atom stereocenters. The van der Waals surface area contributed by atoms with Gasteiger partial charge in [-0.25, -0.2) is 18.3 Å². The molecule has 0 aliphatic rings. The summed E-state index contributed by atoms with van der Waals surface area (Å²) in [6, 6.07) is 0. The lowest BCUT2D eigenvalue weighted by Gasteiger charge is -2.07. The summed E-state index contributed by atoms with van der Waals surface area (Å²) in [5, 5.41) is 7.57. The zero-order valence-corrected chi connectivity index (χ0v) is 24.6. The van der Waals surface area contributed by atoms with Gasteiger partial charge in [0.1, 0.15) is 0 Å². The summed E-state index contributed by atoms with van der Waals surface area (Å²) >= 11 is 0. The van der Waals surface area contributed by atoms with Crippen molar-refractivity contribution in [3.8, 4) is 0 Å². The fourth-order valence-electron chi connectivity index (χ4n) is 0.727. The van der Waals surface area contributed by atoms with Crippen LogP contribution >= 0.6 is 45.6 Å². The van der Waals surface area contributed by atoms with E-state index in [0.717, 1.165) is 0 Å². The molecular formula is C14H48O19P6. The monoisotopic (exact) mass is 706 g/mol. The highest BCUT2D eigenvalue weighted by Crippen LogP contribution is 2.56. The average molecular weight is 706 g/mol. The van der Waals surface area contributed by atoms with Gasteiger partial charge in [-0.05, 0) is 34.6 Å². The molecule has 0 radical (unpaired) electrons. The average Bonchev–Trinajstić information content (AvgIpc) is 2.62. The molecule has 19 nitrogen and oxygen atoms in total. The Balaban J connectivity index is -0.0000000413. The van der Waals surface area contributed by atoms with Crippen LogP contribution in [0.5, 0.6) is 0 Å². The van der Waals surface area contributed by atoms with Gasteiger partial charge in [0.25, 0.3) is 0 Å². The second-order valence-corrected chi connectivity index (χ2v) is 15.4. The molecule has 2 atom stereocenters. The molecular weight excluding hydrogens is 658 g/mol. The standard InChI is InChI=1S/2C4H11O4P.C2H6O.4CH4.2H2O5P2/c2*1-3-7-9(5,6)8-4-2;1-2-3;;;;;2*1-6(2)7(3,4)5/h2*3-4H2,1-2H3,(H,5,6);3H,2H2,1H3;4*1H4;2*(H2,3,4,5). The smallest absolute Gasteiger partial charge is 0.561 e. The number of aliphatic hydroxyl groups excluding tert-OH is 1. The van der Waals surface area contributed by atoms with Gasteiger partial charge in [-0.3, -0.25) is 37.7 Å². The lowest BCUT2D eigenvalue weighted by Crippen LogP contribution is -1.93. The van der Waals surface area contributed by atoms with E-state index in [-0.39, 0.29) is 62.7 Å². The second kappa shape index (κ2) is 34.8. The van der Waals surface area contributed by atoms with E-state index in [1.165, 1.54) is 0 Å². The second-order valence-electron chi connectivity index (χ2n) is 4.43. The van der Waals surface area contributed by atoms with Gasteiger partial charge in [-0.1, -0.05) is 38.8 Å². The molecule has 0 saturated carbocycles. The van der Waals surface area contributed by atoms with Gasteiger partial charge in [-0.15, -0.1) is 0 Å². The van der Waals surface area contributed by atoms with Crippen LogP contribution in [0.15, 0.2) is 0 Å².